The highest BCUT2D eigenvalue weighted by molar-refractivity contribution is 5.85. The van der Waals surface area contributed by atoms with E-state index >= 15 is 0 Å². The smallest absolute Gasteiger partial charge is 0.410 e. The Labute approximate surface area is 152 Å². The van der Waals surface area contributed by atoms with Crippen LogP contribution in [-0.2, 0) is 11.3 Å². The molecule has 1 aromatic carbocycles. The summed E-state index contributed by atoms with van der Waals surface area (Å²) in [6.45, 7) is 3.13. The molecule has 0 radical (unpaired) electrons. The molecule has 0 aromatic heterocycles. The highest BCUT2D eigenvalue weighted by atomic mass is 35.5. The highest BCUT2D eigenvalue weighted by Crippen LogP contribution is 2.24. The van der Waals surface area contributed by atoms with Gasteiger partial charge in [-0.25, -0.2) is 13.6 Å². The Morgan fingerprint density at radius 3 is 2.92 bits per heavy atom. The van der Waals surface area contributed by atoms with Gasteiger partial charge in [-0.2, -0.15) is 0 Å². The second kappa shape index (κ2) is 10.1. The van der Waals surface area contributed by atoms with Crippen LogP contribution in [0.5, 0.6) is 5.75 Å². The molecule has 1 aromatic rings. The van der Waals surface area contributed by atoms with Crippen molar-refractivity contribution in [2.45, 2.75) is 26.0 Å². The lowest BCUT2D eigenvalue weighted by Crippen LogP contribution is -2.53. The molecule has 0 bridgehead atoms. The average Bonchev–Trinajstić information content (AvgIpc) is 2.60. The van der Waals surface area contributed by atoms with E-state index in [4.69, 9.17) is 15.9 Å². The summed E-state index contributed by atoms with van der Waals surface area (Å²) in [6.07, 6.45) is 5.23. The van der Waals surface area contributed by atoms with Crippen LogP contribution in [0.25, 0.3) is 0 Å². The molecule has 0 saturated carbocycles. The van der Waals surface area contributed by atoms with Gasteiger partial charge in [0.1, 0.15) is 19.0 Å². The average molecular weight is 375 g/mol. The van der Waals surface area contributed by atoms with Gasteiger partial charge in [-0.15, -0.1) is 18.8 Å². The van der Waals surface area contributed by atoms with Crippen molar-refractivity contribution in [1.29, 1.82) is 0 Å². The molecule has 1 aliphatic rings. The number of nitrogens with one attached hydrogen (secondary N) is 1. The SMILES string of the molecule is C#CCOc1ccc(F)c(COC(=O)N2CCNC[C@H]2CC)c1F.Cl. The molecule has 138 valence electrons. The number of piperazine rings is 1. The Morgan fingerprint density at radius 1 is 1.48 bits per heavy atom. The van der Waals surface area contributed by atoms with Gasteiger partial charge in [0.25, 0.3) is 0 Å². The summed E-state index contributed by atoms with van der Waals surface area (Å²) >= 11 is 0. The van der Waals surface area contributed by atoms with Gasteiger partial charge in [0, 0.05) is 25.7 Å². The van der Waals surface area contributed by atoms with E-state index in [1.807, 2.05) is 6.92 Å². The molecule has 1 atom stereocenters. The van der Waals surface area contributed by atoms with E-state index in [1.165, 1.54) is 0 Å². The van der Waals surface area contributed by atoms with Crippen LogP contribution in [0.3, 0.4) is 0 Å². The van der Waals surface area contributed by atoms with E-state index in [9.17, 15) is 13.6 Å². The number of hydrogen-bond acceptors (Lipinski definition) is 4. The predicted molar refractivity (Wildman–Crippen MR) is 91.8 cm³/mol. The van der Waals surface area contributed by atoms with Crippen molar-refractivity contribution in [3.63, 3.8) is 0 Å². The first kappa shape index (κ1) is 21.0. The summed E-state index contributed by atoms with van der Waals surface area (Å²) in [5.41, 5.74) is -0.360. The Balaban J connectivity index is 0.00000312. The van der Waals surface area contributed by atoms with Crippen LogP contribution in [0.15, 0.2) is 12.1 Å². The standard InChI is InChI=1S/C17H20F2N2O3.ClH/c1-3-9-23-15-6-5-14(18)13(16(15)19)11-24-17(22)21-8-7-20-10-12(21)4-2;/h1,5-6,12,20H,4,7-11H2,2H3;1H/t12-;/m1./s1. The molecule has 2 rings (SSSR count). The normalized spacial score (nSPS) is 16.6. The lowest BCUT2D eigenvalue weighted by atomic mass is 10.1. The Morgan fingerprint density at radius 2 is 2.24 bits per heavy atom. The van der Waals surface area contributed by atoms with Crippen LogP contribution in [0.4, 0.5) is 13.6 Å². The first-order valence-electron chi connectivity index (χ1n) is 7.75. The molecule has 1 fully saturated rings. The highest BCUT2D eigenvalue weighted by Gasteiger charge is 2.27. The Hall–Kier alpha value is -2.04. The zero-order valence-electron chi connectivity index (χ0n) is 13.9. The van der Waals surface area contributed by atoms with Gasteiger partial charge in [-0.3, -0.25) is 0 Å². The lowest BCUT2D eigenvalue weighted by Gasteiger charge is -2.34. The van der Waals surface area contributed by atoms with Crippen molar-refractivity contribution in [1.82, 2.24) is 10.2 Å². The Kier molecular flexibility index (Phi) is 8.46. The second-order valence-corrected chi connectivity index (χ2v) is 5.35. The third-order valence-corrected chi connectivity index (χ3v) is 3.86. The number of halogens is 3. The zero-order chi connectivity index (χ0) is 17.5. The molecular formula is C17H21ClF2N2O3. The third kappa shape index (κ3) is 5.21. The predicted octanol–water partition coefficient (Wildman–Crippen LogP) is 2.72. The summed E-state index contributed by atoms with van der Waals surface area (Å²) < 4.78 is 38.2. The van der Waals surface area contributed by atoms with E-state index in [0.29, 0.717) is 19.6 Å². The van der Waals surface area contributed by atoms with Crippen LogP contribution >= 0.6 is 12.4 Å². The lowest BCUT2D eigenvalue weighted by molar-refractivity contribution is 0.0697. The first-order valence-corrected chi connectivity index (χ1v) is 7.75. The minimum atomic E-state index is -0.912. The number of amides is 1. The van der Waals surface area contributed by atoms with Crippen molar-refractivity contribution in [2.24, 2.45) is 0 Å². The summed E-state index contributed by atoms with van der Waals surface area (Å²) in [6, 6.07) is 2.21. The van der Waals surface area contributed by atoms with Crippen LogP contribution in [0, 0.1) is 24.0 Å². The molecule has 0 spiro atoms. The van der Waals surface area contributed by atoms with Gasteiger partial charge < -0.3 is 19.7 Å². The van der Waals surface area contributed by atoms with Crippen molar-refractivity contribution >= 4 is 18.5 Å². The fourth-order valence-corrected chi connectivity index (χ4v) is 2.52. The van der Waals surface area contributed by atoms with E-state index in [-0.39, 0.29) is 36.4 Å². The minimum Gasteiger partial charge on any atom is -0.478 e. The molecule has 5 nitrogen and oxygen atoms in total. The number of ether oxygens (including phenoxy) is 2. The van der Waals surface area contributed by atoms with Crippen molar-refractivity contribution in [3.05, 3.63) is 29.3 Å². The van der Waals surface area contributed by atoms with E-state index in [0.717, 1.165) is 18.6 Å². The molecule has 1 N–H and O–H groups in total. The maximum absolute atomic E-state index is 14.2. The minimum absolute atomic E-state index is 0. The summed E-state index contributed by atoms with van der Waals surface area (Å²) in [7, 11) is 0. The van der Waals surface area contributed by atoms with Crippen LogP contribution in [0.1, 0.15) is 18.9 Å². The van der Waals surface area contributed by atoms with Crippen molar-refractivity contribution < 1.29 is 23.0 Å². The molecular weight excluding hydrogens is 354 g/mol. The van der Waals surface area contributed by atoms with Gasteiger partial charge in [-0.05, 0) is 18.6 Å². The third-order valence-electron chi connectivity index (χ3n) is 3.86. The maximum Gasteiger partial charge on any atom is 0.410 e. The molecule has 1 heterocycles. The number of carbonyl (C=O) groups excluding carboxylic acids is 1. The zero-order valence-corrected chi connectivity index (χ0v) is 14.7. The molecule has 25 heavy (non-hydrogen) atoms. The fraction of sp³-hybridized carbons (Fsp3) is 0.471. The van der Waals surface area contributed by atoms with Crippen molar-refractivity contribution in [3.8, 4) is 18.1 Å². The van der Waals surface area contributed by atoms with Gasteiger partial charge in [0.15, 0.2) is 11.6 Å². The fourth-order valence-electron chi connectivity index (χ4n) is 2.52. The van der Waals surface area contributed by atoms with E-state index in [2.05, 4.69) is 11.2 Å². The molecule has 1 amide bonds. The molecule has 1 aliphatic heterocycles. The van der Waals surface area contributed by atoms with Gasteiger partial charge in [-0.1, -0.05) is 12.8 Å². The second-order valence-electron chi connectivity index (χ2n) is 5.35. The number of terminal acetylenes is 1. The number of rotatable bonds is 5. The van der Waals surface area contributed by atoms with Crippen molar-refractivity contribution in [2.75, 3.05) is 26.2 Å². The number of benzene rings is 1. The van der Waals surface area contributed by atoms with E-state index < -0.39 is 24.3 Å². The quantitative estimate of drug-likeness (QED) is 0.805. The summed E-state index contributed by atoms with van der Waals surface area (Å²) in [4.78, 5) is 13.8. The number of carbonyl (C=O) groups is 1. The van der Waals surface area contributed by atoms with Gasteiger partial charge >= 0.3 is 6.09 Å². The van der Waals surface area contributed by atoms with Gasteiger partial charge in [0.05, 0.1) is 5.56 Å². The molecule has 0 unspecified atom stereocenters. The van der Waals surface area contributed by atoms with Crippen LogP contribution in [0.2, 0.25) is 0 Å². The van der Waals surface area contributed by atoms with E-state index in [1.54, 1.807) is 4.90 Å². The monoisotopic (exact) mass is 374 g/mol. The largest absolute Gasteiger partial charge is 0.478 e. The van der Waals surface area contributed by atoms with Crippen LogP contribution < -0.4 is 10.1 Å². The summed E-state index contributed by atoms with van der Waals surface area (Å²) in [5, 5.41) is 3.19. The summed E-state index contributed by atoms with van der Waals surface area (Å²) in [5.74, 6) is 0.313. The maximum atomic E-state index is 14.2. The van der Waals surface area contributed by atoms with Gasteiger partial charge in [0.2, 0.25) is 0 Å². The first-order chi connectivity index (χ1) is 11.6. The Bertz CT molecular complexity index is 637. The number of hydrogen-bond donors (Lipinski definition) is 1. The topological polar surface area (TPSA) is 50.8 Å². The molecule has 1 saturated heterocycles. The number of nitrogens with zero attached hydrogens (tertiary/aromatic N) is 1. The van der Waals surface area contributed by atoms with Crippen LogP contribution in [-0.4, -0.2) is 43.3 Å². The molecule has 8 heteroatoms. The molecule has 0 aliphatic carbocycles.